The lowest BCUT2D eigenvalue weighted by Crippen LogP contribution is -2.26. The van der Waals surface area contributed by atoms with Gasteiger partial charge in [0.2, 0.25) is 5.91 Å². The molecule has 1 atom stereocenters. The van der Waals surface area contributed by atoms with Gasteiger partial charge in [-0.1, -0.05) is 73.5 Å². The molecule has 1 fully saturated rings. The number of carbonyl (C=O) groups excluding carboxylic acids is 1. The lowest BCUT2D eigenvalue weighted by atomic mass is 9.83. The molecule has 0 aliphatic heterocycles. The standard InChI is InChI=1S/C33H33N3O/c1-22-20-23(2)34-32-30(22)28-14-8-9-15-29(28)36(32)21-24-16-18-26(19-17-24)31(25-10-6-7-11-25)33(37)35-27-12-4-3-5-13-27/h3-5,8-9,12-20,25,31H,6-7,10-11,21H2,1-2H3,(H,35,37)/t31-/m0/s1. The van der Waals surface area contributed by atoms with Crippen LogP contribution in [-0.2, 0) is 11.3 Å². The average Bonchev–Trinajstić information content (AvgIpc) is 3.53. The van der Waals surface area contributed by atoms with E-state index in [9.17, 15) is 4.79 Å². The quantitative estimate of drug-likeness (QED) is 0.266. The highest BCUT2D eigenvalue weighted by Gasteiger charge is 2.32. The van der Waals surface area contributed by atoms with Gasteiger partial charge in [0.05, 0.1) is 11.4 Å². The predicted molar refractivity (Wildman–Crippen MR) is 152 cm³/mol. The van der Waals surface area contributed by atoms with Crippen LogP contribution in [0.2, 0.25) is 0 Å². The molecule has 0 spiro atoms. The number of para-hydroxylation sites is 2. The van der Waals surface area contributed by atoms with Gasteiger partial charge in [-0.05, 0) is 73.6 Å². The van der Waals surface area contributed by atoms with Crippen molar-refractivity contribution in [1.29, 1.82) is 0 Å². The number of rotatable bonds is 6. The number of anilines is 1. The molecule has 1 N–H and O–H groups in total. The summed E-state index contributed by atoms with van der Waals surface area (Å²) in [6.07, 6.45) is 4.63. The lowest BCUT2D eigenvalue weighted by molar-refractivity contribution is -0.118. The predicted octanol–water partition coefficient (Wildman–Crippen LogP) is 7.77. The smallest absolute Gasteiger partial charge is 0.232 e. The third-order valence-corrected chi connectivity index (χ3v) is 7.92. The number of fused-ring (bicyclic) bond motifs is 3. The van der Waals surface area contributed by atoms with Crippen molar-refractivity contribution in [2.75, 3.05) is 5.32 Å². The number of aromatic nitrogens is 2. The summed E-state index contributed by atoms with van der Waals surface area (Å²) in [5.74, 6) is 0.363. The Morgan fingerprint density at radius 2 is 1.65 bits per heavy atom. The molecule has 37 heavy (non-hydrogen) atoms. The zero-order valence-corrected chi connectivity index (χ0v) is 21.6. The fourth-order valence-corrected chi connectivity index (χ4v) is 6.22. The van der Waals surface area contributed by atoms with Crippen LogP contribution in [0.4, 0.5) is 5.69 Å². The van der Waals surface area contributed by atoms with E-state index in [-0.39, 0.29) is 11.8 Å². The molecule has 0 bridgehead atoms. The van der Waals surface area contributed by atoms with Crippen molar-refractivity contribution in [1.82, 2.24) is 9.55 Å². The normalized spacial score (nSPS) is 14.9. The molecule has 186 valence electrons. The topological polar surface area (TPSA) is 46.9 Å². The number of pyridine rings is 1. The van der Waals surface area contributed by atoms with Crippen LogP contribution in [0.1, 0.15) is 54.0 Å². The van der Waals surface area contributed by atoms with E-state index in [1.165, 1.54) is 40.3 Å². The third-order valence-electron chi connectivity index (χ3n) is 7.92. The van der Waals surface area contributed by atoms with Gasteiger partial charge in [-0.2, -0.15) is 0 Å². The van der Waals surface area contributed by atoms with Crippen LogP contribution in [0, 0.1) is 19.8 Å². The van der Waals surface area contributed by atoms with Crippen molar-refractivity contribution in [3.8, 4) is 0 Å². The van der Waals surface area contributed by atoms with E-state index in [2.05, 4.69) is 78.3 Å². The van der Waals surface area contributed by atoms with E-state index in [1.54, 1.807) is 0 Å². The summed E-state index contributed by atoms with van der Waals surface area (Å²) in [6, 6.07) is 29.3. The van der Waals surface area contributed by atoms with E-state index in [4.69, 9.17) is 4.98 Å². The van der Waals surface area contributed by atoms with E-state index in [1.807, 2.05) is 30.3 Å². The fraction of sp³-hybridized carbons (Fsp3) is 0.273. The number of amides is 1. The molecule has 1 amide bonds. The van der Waals surface area contributed by atoms with Crippen LogP contribution in [-0.4, -0.2) is 15.5 Å². The Kier molecular flexibility index (Phi) is 6.25. The molecule has 1 aliphatic carbocycles. The first-order chi connectivity index (χ1) is 18.1. The molecule has 5 aromatic rings. The van der Waals surface area contributed by atoms with Crippen LogP contribution in [0.5, 0.6) is 0 Å². The summed E-state index contributed by atoms with van der Waals surface area (Å²) >= 11 is 0. The van der Waals surface area contributed by atoms with Crippen LogP contribution in [0.25, 0.3) is 21.9 Å². The van der Waals surface area contributed by atoms with E-state index in [0.29, 0.717) is 5.92 Å². The average molecular weight is 488 g/mol. The Hall–Kier alpha value is -3.92. The number of carbonyl (C=O) groups is 1. The maximum atomic E-state index is 13.5. The Labute approximate surface area is 218 Å². The molecule has 2 heterocycles. The molecule has 6 rings (SSSR count). The second kappa shape index (κ2) is 9.85. The molecule has 3 aromatic carbocycles. The largest absolute Gasteiger partial charge is 0.326 e. The molecule has 0 saturated heterocycles. The molecule has 0 unspecified atom stereocenters. The van der Waals surface area contributed by atoms with Crippen molar-refractivity contribution >= 4 is 33.5 Å². The van der Waals surface area contributed by atoms with Crippen LogP contribution >= 0.6 is 0 Å². The van der Waals surface area contributed by atoms with Crippen molar-refractivity contribution in [2.45, 2.75) is 52.0 Å². The Morgan fingerprint density at radius 3 is 2.41 bits per heavy atom. The molecule has 4 heteroatoms. The third kappa shape index (κ3) is 4.53. The van der Waals surface area contributed by atoms with Gasteiger partial charge in [-0.25, -0.2) is 4.98 Å². The van der Waals surface area contributed by atoms with E-state index >= 15 is 0 Å². The highest BCUT2D eigenvalue weighted by molar-refractivity contribution is 6.08. The first-order valence-electron chi connectivity index (χ1n) is 13.4. The van der Waals surface area contributed by atoms with Crippen molar-refractivity contribution in [3.63, 3.8) is 0 Å². The Morgan fingerprint density at radius 1 is 0.946 bits per heavy atom. The second-order valence-corrected chi connectivity index (χ2v) is 10.5. The van der Waals surface area contributed by atoms with Crippen molar-refractivity contribution < 1.29 is 4.79 Å². The minimum Gasteiger partial charge on any atom is -0.326 e. The highest BCUT2D eigenvalue weighted by Crippen LogP contribution is 2.38. The molecular weight excluding hydrogens is 454 g/mol. The number of nitrogens with zero attached hydrogens (tertiary/aromatic N) is 2. The van der Waals surface area contributed by atoms with Crippen molar-refractivity contribution in [2.24, 2.45) is 5.92 Å². The van der Waals surface area contributed by atoms with Gasteiger partial charge >= 0.3 is 0 Å². The van der Waals surface area contributed by atoms with Crippen molar-refractivity contribution in [3.05, 3.63) is 107 Å². The number of benzene rings is 3. The first-order valence-corrected chi connectivity index (χ1v) is 13.4. The number of hydrogen-bond donors (Lipinski definition) is 1. The molecule has 0 radical (unpaired) electrons. The maximum Gasteiger partial charge on any atom is 0.232 e. The minimum absolute atomic E-state index is 0.100. The summed E-state index contributed by atoms with van der Waals surface area (Å²) in [5.41, 5.74) is 7.71. The number of nitrogens with one attached hydrogen (secondary N) is 1. The lowest BCUT2D eigenvalue weighted by Gasteiger charge is -2.23. The zero-order valence-electron chi connectivity index (χ0n) is 21.6. The fourth-order valence-electron chi connectivity index (χ4n) is 6.22. The zero-order chi connectivity index (χ0) is 25.4. The highest BCUT2D eigenvalue weighted by atomic mass is 16.1. The molecule has 1 saturated carbocycles. The van der Waals surface area contributed by atoms with Crippen LogP contribution < -0.4 is 5.32 Å². The summed E-state index contributed by atoms with van der Waals surface area (Å²) in [4.78, 5) is 18.4. The summed E-state index contributed by atoms with van der Waals surface area (Å²) in [7, 11) is 0. The van der Waals surface area contributed by atoms with Gasteiger partial charge < -0.3 is 9.88 Å². The maximum absolute atomic E-state index is 13.5. The minimum atomic E-state index is -0.128. The van der Waals surface area contributed by atoms with Gasteiger partial charge in [0.25, 0.3) is 0 Å². The SMILES string of the molecule is Cc1cc(C)c2c3ccccc3n(Cc3ccc([C@@H](C(=O)Nc4ccccc4)C4CCCC4)cc3)c2n1. The van der Waals surface area contributed by atoms with Gasteiger partial charge in [0.15, 0.2) is 0 Å². The summed E-state index contributed by atoms with van der Waals surface area (Å²) < 4.78 is 2.33. The van der Waals surface area contributed by atoms with Gasteiger partial charge in [0, 0.05) is 28.7 Å². The monoisotopic (exact) mass is 487 g/mol. The Bertz CT molecular complexity index is 1560. The van der Waals surface area contributed by atoms with Crippen LogP contribution in [0.15, 0.2) is 84.9 Å². The molecule has 2 aromatic heterocycles. The van der Waals surface area contributed by atoms with E-state index in [0.717, 1.165) is 42.0 Å². The van der Waals surface area contributed by atoms with Gasteiger partial charge in [0.1, 0.15) is 5.65 Å². The molecule has 1 aliphatic rings. The molecule has 4 nitrogen and oxygen atoms in total. The van der Waals surface area contributed by atoms with Crippen LogP contribution in [0.3, 0.4) is 0 Å². The molecular formula is C33H33N3O. The first kappa shape index (κ1) is 23.5. The summed E-state index contributed by atoms with van der Waals surface area (Å²) in [6.45, 7) is 4.98. The second-order valence-electron chi connectivity index (χ2n) is 10.5. The number of aryl methyl sites for hydroxylation is 2. The Balaban J connectivity index is 1.33. The van der Waals surface area contributed by atoms with Gasteiger partial charge in [-0.3, -0.25) is 4.79 Å². The van der Waals surface area contributed by atoms with E-state index < -0.39 is 0 Å². The number of hydrogen-bond acceptors (Lipinski definition) is 2. The van der Waals surface area contributed by atoms with Gasteiger partial charge in [-0.15, -0.1) is 0 Å². The summed E-state index contributed by atoms with van der Waals surface area (Å²) in [5, 5.41) is 5.65.